The summed E-state index contributed by atoms with van der Waals surface area (Å²) in [4.78, 5) is 4.47. The molecule has 0 aliphatic carbocycles. The molecule has 0 saturated carbocycles. The van der Waals surface area contributed by atoms with Crippen LogP contribution in [0.4, 0.5) is 0 Å². The fraction of sp³-hybridized carbons (Fsp3) is 0.417. The molecular formula is C12H16N2S2. The molecule has 2 rings (SSSR count). The van der Waals surface area contributed by atoms with Gasteiger partial charge in [-0.2, -0.15) is 0 Å². The first-order valence-electron chi connectivity index (χ1n) is 5.29. The molecule has 0 bridgehead atoms. The first-order chi connectivity index (χ1) is 7.48. The van der Waals surface area contributed by atoms with E-state index in [1.54, 1.807) is 11.3 Å². The van der Waals surface area contributed by atoms with E-state index in [0.29, 0.717) is 0 Å². The van der Waals surface area contributed by atoms with Crippen LogP contribution in [-0.4, -0.2) is 9.55 Å². The normalized spacial score (nSPS) is 11.9. The monoisotopic (exact) mass is 252 g/mol. The molecule has 0 amide bonds. The zero-order valence-electron chi connectivity index (χ0n) is 9.78. The van der Waals surface area contributed by atoms with Crippen molar-refractivity contribution in [2.24, 2.45) is 0 Å². The van der Waals surface area contributed by atoms with Crippen LogP contribution >= 0.6 is 23.6 Å². The van der Waals surface area contributed by atoms with Gasteiger partial charge in [0.1, 0.15) is 0 Å². The van der Waals surface area contributed by atoms with Gasteiger partial charge in [0, 0.05) is 22.2 Å². The summed E-state index contributed by atoms with van der Waals surface area (Å²) in [7, 11) is 0. The maximum atomic E-state index is 5.33. The van der Waals surface area contributed by atoms with Crippen LogP contribution < -0.4 is 0 Å². The summed E-state index contributed by atoms with van der Waals surface area (Å²) in [6, 6.07) is 4.22. The highest BCUT2D eigenvalue weighted by atomic mass is 32.1. The van der Waals surface area contributed by atoms with E-state index in [2.05, 4.69) is 47.8 Å². The van der Waals surface area contributed by atoms with Crippen LogP contribution in [0.25, 0.3) is 0 Å². The molecule has 0 saturated heterocycles. The van der Waals surface area contributed by atoms with Crippen molar-refractivity contribution in [3.8, 4) is 0 Å². The van der Waals surface area contributed by atoms with Crippen molar-refractivity contribution in [1.29, 1.82) is 0 Å². The minimum atomic E-state index is 0.116. The Morgan fingerprint density at radius 1 is 1.44 bits per heavy atom. The van der Waals surface area contributed by atoms with E-state index in [1.165, 1.54) is 10.6 Å². The average molecular weight is 252 g/mol. The topological polar surface area (TPSA) is 20.7 Å². The maximum Gasteiger partial charge on any atom is 0.177 e. The summed E-state index contributed by atoms with van der Waals surface area (Å²) in [5.41, 5.74) is 1.37. The molecule has 1 N–H and O–H groups in total. The summed E-state index contributed by atoms with van der Waals surface area (Å²) in [5.74, 6) is 0. The molecule has 0 aromatic carbocycles. The number of nitrogens with one attached hydrogen (secondary N) is 1. The van der Waals surface area contributed by atoms with Crippen molar-refractivity contribution in [1.82, 2.24) is 9.55 Å². The highest BCUT2D eigenvalue weighted by molar-refractivity contribution is 7.71. The number of aromatic amines is 1. The second-order valence-corrected chi connectivity index (χ2v) is 6.31. The largest absolute Gasteiger partial charge is 0.337 e. The summed E-state index contributed by atoms with van der Waals surface area (Å²) < 4.78 is 2.99. The Morgan fingerprint density at radius 2 is 2.19 bits per heavy atom. The fourth-order valence-corrected chi connectivity index (χ4v) is 2.65. The third-order valence-corrected chi connectivity index (χ3v) is 3.73. The van der Waals surface area contributed by atoms with Crippen molar-refractivity contribution in [3.63, 3.8) is 0 Å². The molecule has 0 aliphatic heterocycles. The summed E-state index contributed by atoms with van der Waals surface area (Å²) in [5, 5.41) is 2.10. The summed E-state index contributed by atoms with van der Waals surface area (Å²) in [6.07, 6.45) is 2.02. The predicted molar refractivity (Wildman–Crippen MR) is 71.7 cm³/mol. The molecule has 86 valence electrons. The van der Waals surface area contributed by atoms with Gasteiger partial charge in [-0.05, 0) is 23.7 Å². The Labute approximate surface area is 105 Å². The Morgan fingerprint density at radius 3 is 2.75 bits per heavy atom. The fourth-order valence-electron chi connectivity index (χ4n) is 1.73. The van der Waals surface area contributed by atoms with Gasteiger partial charge < -0.3 is 9.55 Å². The number of hydrogen-bond donors (Lipinski definition) is 1. The van der Waals surface area contributed by atoms with Gasteiger partial charge in [-0.3, -0.25) is 0 Å². The first-order valence-corrected chi connectivity index (χ1v) is 6.58. The Balaban J connectivity index is 2.40. The highest BCUT2D eigenvalue weighted by Crippen LogP contribution is 2.23. The molecule has 2 nitrogen and oxygen atoms in total. The number of hydrogen-bond acceptors (Lipinski definition) is 2. The van der Waals surface area contributed by atoms with Crippen molar-refractivity contribution in [3.05, 3.63) is 39.1 Å². The van der Waals surface area contributed by atoms with Crippen LogP contribution in [0.5, 0.6) is 0 Å². The third kappa shape index (κ3) is 2.28. The Kier molecular flexibility index (Phi) is 3.04. The SMILES string of the molecule is CC(C)(C)c1c[nH]c(=S)n1Cc1cccs1. The zero-order valence-corrected chi connectivity index (χ0v) is 11.4. The molecule has 2 aromatic heterocycles. The molecule has 0 spiro atoms. The molecule has 0 fully saturated rings. The van der Waals surface area contributed by atoms with Crippen LogP contribution in [0.1, 0.15) is 31.3 Å². The van der Waals surface area contributed by atoms with Crippen LogP contribution in [0.15, 0.2) is 23.7 Å². The van der Waals surface area contributed by atoms with Gasteiger partial charge in [0.2, 0.25) is 0 Å². The first kappa shape index (κ1) is 11.6. The number of nitrogens with zero attached hydrogens (tertiary/aromatic N) is 1. The molecule has 0 aliphatic rings. The lowest BCUT2D eigenvalue weighted by Crippen LogP contribution is -2.17. The van der Waals surface area contributed by atoms with Crippen LogP contribution in [0.3, 0.4) is 0 Å². The van der Waals surface area contributed by atoms with Gasteiger partial charge in [-0.25, -0.2) is 0 Å². The van der Waals surface area contributed by atoms with Gasteiger partial charge in [0.25, 0.3) is 0 Å². The van der Waals surface area contributed by atoms with E-state index < -0.39 is 0 Å². The van der Waals surface area contributed by atoms with Crippen molar-refractivity contribution in [2.45, 2.75) is 32.7 Å². The van der Waals surface area contributed by atoms with Gasteiger partial charge in [0.05, 0.1) is 6.54 Å². The molecule has 16 heavy (non-hydrogen) atoms. The predicted octanol–water partition coefficient (Wildman–Crippen LogP) is 3.95. The van der Waals surface area contributed by atoms with E-state index in [0.717, 1.165) is 11.3 Å². The number of H-pyrrole nitrogens is 1. The maximum absolute atomic E-state index is 5.33. The van der Waals surface area contributed by atoms with E-state index in [4.69, 9.17) is 12.2 Å². The molecule has 4 heteroatoms. The molecule has 2 aromatic rings. The number of imidazole rings is 1. The summed E-state index contributed by atoms with van der Waals surface area (Å²) >= 11 is 7.10. The lowest BCUT2D eigenvalue weighted by molar-refractivity contribution is 0.530. The third-order valence-electron chi connectivity index (χ3n) is 2.53. The second-order valence-electron chi connectivity index (χ2n) is 4.89. The Hall–Kier alpha value is -0.870. The zero-order chi connectivity index (χ0) is 11.8. The molecule has 0 atom stereocenters. The lowest BCUT2D eigenvalue weighted by Gasteiger charge is -2.20. The number of aromatic nitrogens is 2. The molecule has 0 radical (unpaired) electrons. The molecule has 0 unspecified atom stereocenters. The molecule has 2 heterocycles. The molecular weight excluding hydrogens is 236 g/mol. The van der Waals surface area contributed by atoms with Crippen LogP contribution in [-0.2, 0) is 12.0 Å². The van der Waals surface area contributed by atoms with Crippen LogP contribution in [0, 0.1) is 4.77 Å². The van der Waals surface area contributed by atoms with E-state index in [-0.39, 0.29) is 5.41 Å². The van der Waals surface area contributed by atoms with Crippen molar-refractivity contribution < 1.29 is 0 Å². The average Bonchev–Trinajstić information content (AvgIpc) is 2.76. The minimum Gasteiger partial charge on any atom is -0.337 e. The summed E-state index contributed by atoms with van der Waals surface area (Å²) in [6.45, 7) is 7.48. The van der Waals surface area contributed by atoms with Gasteiger partial charge >= 0.3 is 0 Å². The van der Waals surface area contributed by atoms with E-state index in [9.17, 15) is 0 Å². The smallest absolute Gasteiger partial charge is 0.177 e. The van der Waals surface area contributed by atoms with Crippen molar-refractivity contribution >= 4 is 23.6 Å². The van der Waals surface area contributed by atoms with Crippen LogP contribution in [0.2, 0.25) is 0 Å². The standard InChI is InChI=1S/C12H16N2S2/c1-12(2,3)10-7-13-11(15)14(10)8-9-5-4-6-16-9/h4-7H,8H2,1-3H3,(H,13,15). The Bertz CT molecular complexity index is 512. The number of thiophene rings is 1. The van der Waals surface area contributed by atoms with E-state index >= 15 is 0 Å². The highest BCUT2D eigenvalue weighted by Gasteiger charge is 2.19. The quantitative estimate of drug-likeness (QED) is 0.803. The van der Waals surface area contributed by atoms with E-state index in [1.807, 2.05) is 6.20 Å². The lowest BCUT2D eigenvalue weighted by atomic mass is 9.92. The van der Waals surface area contributed by atoms with Gasteiger partial charge in [-0.1, -0.05) is 26.8 Å². The number of rotatable bonds is 2. The van der Waals surface area contributed by atoms with Crippen molar-refractivity contribution in [2.75, 3.05) is 0 Å². The minimum absolute atomic E-state index is 0.116. The van der Waals surface area contributed by atoms with Gasteiger partial charge in [0.15, 0.2) is 4.77 Å². The van der Waals surface area contributed by atoms with Gasteiger partial charge in [-0.15, -0.1) is 11.3 Å². The second kappa shape index (κ2) is 4.18.